The van der Waals surface area contributed by atoms with Gasteiger partial charge in [0.1, 0.15) is 5.75 Å². The van der Waals surface area contributed by atoms with Crippen molar-refractivity contribution < 1.29 is 14.6 Å². The molecule has 2 atom stereocenters. The molecule has 1 saturated carbocycles. The first kappa shape index (κ1) is 16.6. The average molecular weight is 303 g/mol. The molecule has 120 valence electrons. The zero-order chi connectivity index (χ0) is 16.2. The monoisotopic (exact) mass is 303 g/mol. The maximum Gasteiger partial charge on any atom is 0.244 e. The first-order valence-electron chi connectivity index (χ1n) is 7.72. The lowest BCUT2D eigenvalue weighted by atomic mass is 9.86. The fourth-order valence-electron chi connectivity index (χ4n) is 3.02. The van der Waals surface area contributed by atoms with Crippen molar-refractivity contribution in [3.05, 3.63) is 35.9 Å². The van der Waals surface area contributed by atoms with E-state index in [4.69, 9.17) is 4.74 Å². The highest BCUT2D eigenvalue weighted by Gasteiger charge is 2.38. The van der Waals surface area contributed by atoms with Crippen molar-refractivity contribution >= 4 is 11.5 Å². The molecule has 1 aliphatic rings. The number of methoxy groups -OCH3 is 1. The number of aliphatic hydroxyl groups is 1. The van der Waals surface area contributed by atoms with Crippen molar-refractivity contribution in [2.24, 2.45) is 5.41 Å². The van der Waals surface area contributed by atoms with Gasteiger partial charge in [-0.2, -0.15) is 0 Å². The third-order valence-corrected chi connectivity index (χ3v) is 4.65. The van der Waals surface area contributed by atoms with Gasteiger partial charge in [0, 0.05) is 17.5 Å². The second-order valence-corrected chi connectivity index (χ2v) is 6.32. The molecule has 0 saturated heterocycles. The van der Waals surface area contributed by atoms with Crippen molar-refractivity contribution in [1.82, 2.24) is 5.32 Å². The molecule has 1 fully saturated rings. The van der Waals surface area contributed by atoms with Gasteiger partial charge in [0.15, 0.2) is 0 Å². The summed E-state index contributed by atoms with van der Waals surface area (Å²) in [6.45, 7) is 4.06. The Morgan fingerprint density at radius 2 is 2.14 bits per heavy atom. The van der Waals surface area contributed by atoms with Crippen LogP contribution in [-0.4, -0.2) is 30.8 Å². The molecule has 1 aromatic carbocycles. The highest BCUT2D eigenvalue weighted by molar-refractivity contribution is 5.95. The van der Waals surface area contributed by atoms with Crippen molar-refractivity contribution in [2.45, 2.75) is 39.2 Å². The Bertz CT molecular complexity index is 550. The van der Waals surface area contributed by atoms with Gasteiger partial charge in [-0.1, -0.05) is 25.5 Å². The molecule has 1 aromatic rings. The van der Waals surface area contributed by atoms with Gasteiger partial charge in [0.2, 0.25) is 5.91 Å². The van der Waals surface area contributed by atoms with Crippen LogP contribution in [0.3, 0.4) is 0 Å². The number of carbonyl (C=O) groups is 1. The maximum atomic E-state index is 12.2. The molecule has 0 heterocycles. The Morgan fingerprint density at radius 1 is 1.45 bits per heavy atom. The van der Waals surface area contributed by atoms with E-state index in [1.165, 1.54) is 0 Å². The van der Waals surface area contributed by atoms with Gasteiger partial charge in [-0.25, -0.2) is 0 Å². The predicted octanol–water partition coefficient (Wildman–Crippen LogP) is 2.77. The molecule has 1 amide bonds. The Kier molecular flexibility index (Phi) is 5.24. The molecule has 0 spiro atoms. The van der Waals surface area contributed by atoms with Gasteiger partial charge in [-0.3, -0.25) is 4.79 Å². The summed E-state index contributed by atoms with van der Waals surface area (Å²) in [5.74, 6) is 0.700. The highest BCUT2D eigenvalue weighted by Crippen LogP contribution is 2.37. The molecule has 1 aliphatic carbocycles. The number of benzene rings is 1. The third-order valence-electron chi connectivity index (χ3n) is 4.65. The largest absolute Gasteiger partial charge is 0.497 e. The van der Waals surface area contributed by atoms with Crippen LogP contribution < -0.4 is 10.1 Å². The lowest BCUT2D eigenvalue weighted by Gasteiger charge is -2.29. The lowest BCUT2D eigenvalue weighted by molar-refractivity contribution is -0.118. The third kappa shape index (κ3) is 3.69. The van der Waals surface area contributed by atoms with E-state index in [9.17, 15) is 9.90 Å². The van der Waals surface area contributed by atoms with Crippen LogP contribution in [0.5, 0.6) is 5.75 Å². The molecule has 2 unspecified atom stereocenters. The highest BCUT2D eigenvalue weighted by atomic mass is 16.5. The van der Waals surface area contributed by atoms with E-state index < -0.39 is 0 Å². The minimum absolute atomic E-state index is 0.0462. The van der Waals surface area contributed by atoms with E-state index in [0.29, 0.717) is 0 Å². The molecule has 2 N–H and O–H groups in total. The van der Waals surface area contributed by atoms with E-state index >= 15 is 0 Å². The van der Waals surface area contributed by atoms with Crippen LogP contribution in [0.25, 0.3) is 5.57 Å². The summed E-state index contributed by atoms with van der Waals surface area (Å²) in [6, 6.07) is 7.68. The number of allylic oxidation sites excluding steroid dienone is 1. The zero-order valence-electron chi connectivity index (χ0n) is 13.6. The number of hydrogen-bond donors (Lipinski definition) is 2. The smallest absolute Gasteiger partial charge is 0.244 e. The Balaban J connectivity index is 2.03. The van der Waals surface area contributed by atoms with Crippen LogP contribution in [0.1, 0.15) is 38.7 Å². The summed E-state index contributed by atoms with van der Waals surface area (Å²) < 4.78 is 5.13. The summed E-state index contributed by atoms with van der Waals surface area (Å²) in [4.78, 5) is 12.2. The van der Waals surface area contributed by atoms with E-state index in [-0.39, 0.29) is 24.0 Å². The molecular weight excluding hydrogens is 278 g/mol. The van der Waals surface area contributed by atoms with Crippen LogP contribution in [0.4, 0.5) is 0 Å². The van der Waals surface area contributed by atoms with Crippen molar-refractivity contribution in [1.29, 1.82) is 0 Å². The number of carbonyl (C=O) groups excluding carboxylic acids is 1. The molecule has 4 nitrogen and oxygen atoms in total. The predicted molar refractivity (Wildman–Crippen MR) is 87.6 cm³/mol. The maximum absolute atomic E-state index is 12.2. The minimum atomic E-state index is -0.197. The van der Waals surface area contributed by atoms with Crippen molar-refractivity contribution in [3.63, 3.8) is 0 Å². The Labute approximate surface area is 132 Å². The number of amides is 1. The summed E-state index contributed by atoms with van der Waals surface area (Å²) in [6.07, 6.45) is 4.55. The minimum Gasteiger partial charge on any atom is -0.497 e. The molecule has 22 heavy (non-hydrogen) atoms. The molecule has 2 rings (SSSR count). The van der Waals surface area contributed by atoms with Crippen LogP contribution >= 0.6 is 0 Å². The molecular formula is C18H25NO3. The van der Waals surface area contributed by atoms with Gasteiger partial charge in [0.25, 0.3) is 0 Å². The van der Waals surface area contributed by atoms with Gasteiger partial charge < -0.3 is 15.2 Å². The number of ether oxygens (including phenoxy) is 1. The van der Waals surface area contributed by atoms with Gasteiger partial charge in [0.05, 0.1) is 13.7 Å². The van der Waals surface area contributed by atoms with Crippen molar-refractivity contribution in [3.8, 4) is 5.75 Å². The standard InChI is InChI=1S/C18H25NO3/c1-13(14-6-8-15(22-3)9-7-14)11-17(21)19-16-5-4-10-18(16,2)12-20/h6-9,11,16,20H,4-5,10,12H2,1-3H3,(H,19,21)/b13-11+. The van der Waals surface area contributed by atoms with Crippen LogP contribution in [-0.2, 0) is 4.79 Å². The summed E-state index contributed by atoms with van der Waals surface area (Å²) >= 11 is 0. The normalized spacial score (nSPS) is 25.1. The molecule has 0 bridgehead atoms. The second kappa shape index (κ2) is 6.97. The molecule has 4 heteroatoms. The second-order valence-electron chi connectivity index (χ2n) is 6.32. The van der Waals surface area contributed by atoms with E-state index in [1.807, 2.05) is 38.1 Å². The number of nitrogens with one attached hydrogen (secondary N) is 1. The van der Waals surface area contributed by atoms with Gasteiger partial charge >= 0.3 is 0 Å². The average Bonchev–Trinajstić information content (AvgIpc) is 2.88. The number of aliphatic hydroxyl groups excluding tert-OH is 1. The van der Waals surface area contributed by atoms with Crippen molar-refractivity contribution in [2.75, 3.05) is 13.7 Å². The first-order valence-corrected chi connectivity index (χ1v) is 7.72. The first-order chi connectivity index (χ1) is 10.5. The quantitative estimate of drug-likeness (QED) is 0.822. The zero-order valence-corrected chi connectivity index (χ0v) is 13.6. The number of hydrogen-bond acceptors (Lipinski definition) is 3. The lowest BCUT2D eigenvalue weighted by Crippen LogP contribution is -2.44. The van der Waals surface area contributed by atoms with Crippen LogP contribution in [0.2, 0.25) is 0 Å². The Hall–Kier alpha value is -1.81. The Morgan fingerprint density at radius 3 is 2.73 bits per heavy atom. The molecule has 0 radical (unpaired) electrons. The van der Waals surface area contributed by atoms with Gasteiger partial charge in [-0.15, -0.1) is 0 Å². The summed E-state index contributed by atoms with van der Waals surface area (Å²) in [7, 11) is 1.63. The van der Waals surface area contributed by atoms with Crippen LogP contribution in [0, 0.1) is 5.41 Å². The summed E-state index contributed by atoms with van der Waals surface area (Å²) in [5.41, 5.74) is 1.70. The van der Waals surface area contributed by atoms with E-state index in [0.717, 1.165) is 36.1 Å². The molecule has 0 aliphatic heterocycles. The van der Waals surface area contributed by atoms with E-state index in [1.54, 1.807) is 13.2 Å². The number of rotatable bonds is 5. The fraction of sp³-hybridized carbons (Fsp3) is 0.500. The van der Waals surface area contributed by atoms with Crippen LogP contribution in [0.15, 0.2) is 30.3 Å². The van der Waals surface area contributed by atoms with Gasteiger partial charge in [-0.05, 0) is 43.0 Å². The molecule has 0 aromatic heterocycles. The SMILES string of the molecule is COc1ccc(/C(C)=C/C(=O)NC2CCCC2(C)CO)cc1. The van der Waals surface area contributed by atoms with E-state index in [2.05, 4.69) is 5.32 Å². The topological polar surface area (TPSA) is 58.6 Å². The fourth-order valence-corrected chi connectivity index (χ4v) is 3.02. The summed E-state index contributed by atoms with van der Waals surface area (Å²) in [5, 5.41) is 12.6.